The maximum Gasteiger partial charge on any atom is 0.0781 e. The Morgan fingerprint density at radius 1 is 1.38 bits per heavy atom. The molecule has 0 aliphatic heterocycles. The van der Waals surface area contributed by atoms with Gasteiger partial charge >= 0.3 is 0 Å². The second-order valence-electron chi connectivity index (χ2n) is 3.67. The molecule has 0 nitrogen and oxygen atoms in total. The minimum atomic E-state index is 0.597. The van der Waals surface area contributed by atoms with Gasteiger partial charge in [0.25, 0.3) is 0 Å². The van der Waals surface area contributed by atoms with E-state index in [0.29, 0.717) is 5.92 Å². The zero-order valence-electron chi connectivity index (χ0n) is 9.84. The van der Waals surface area contributed by atoms with Crippen molar-refractivity contribution in [2.24, 2.45) is 5.92 Å². The molecule has 82 valence electrons. The second-order valence-corrected chi connectivity index (χ2v) is 4.76. The summed E-state index contributed by atoms with van der Waals surface area (Å²) in [6.45, 7) is 7.77. The van der Waals surface area contributed by atoms with Crippen LogP contribution in [-0.2, 0) is 0 Å². The quantitative estimate of drug-likeness (QED) is 0.540. The average molecular weight is 228 g/mol. The number of hydrogen-bond acceptors (Lipinski definition) is 1. The predicted molar refractivity (Wildman–Crippen MR) is 72.3 cm³/mol. The van der Waals surface area contributed by atoms with Crippen LogP contribution in [0.5, 0.6) is 0 Å². The zero-order chi connectivity index (χ0) is 11.8. The largest absolute Gasteiger partial charge is 0.118 e. The van der Waals surface area contributed by atoms with Crippen molar-refractivity contribution in [2.45, 2.75) is 26.7 Å². The highest BCUT2D eigenvalue weighted by molar-refractivity contribution is 7.13. The molecule has 0 saturated heterocycles. The van der Waals surface area contributed by atoms with Crippen molar-refractivity contribution in [1.82, 2.24) is 0 Å². The molecule has 0 saturated carbocycles. The lowest BCUT2D eigenvalue weighted by Crippen LogP contribution is -1.88. The summed E-state index contributed by atoms with van der Waals surface area (Å²) in [5.74, 6) is 12.9. The first-order valence-corrected chi connectivity index (χ1v) is 6.20. The first kappa shape index (κ1) is 12.6. The van der Waals surface area contributed by atoms with Crippen molar-refractivity contribution in [1.29, 1.82) is 0 Å². The number of thiophene rings is 1. The molecule has 1 unspecified atom stereocenters. The Labute approximate surface area is 102 Å². The smallest absolute Gasteiger partial charge is 0.0781 e. The summed E-state index contributed by atoms with van der Waals surface area (Å²) in [6.07, 6.45) is 3.91. The van der Waals surface area contributed by atoms with Gasteiger partial charge in [0.2, 0.25) is 0 Å². The van der Waals surface area contributed by atoms with Gasteiger partial charge in [-0.25, -0.2) is 0 Å². The van der Waals surface area contributed by atoms with Crippen LogP contribution in [0.25, 0.3) is 0 Å². The molecular weight excluding hydrogens is 212 g/mol. The molecule has 1 aromatic heterocycles. The van der Waals surface area contributed by atoms with Crippen LogP contribution in [0.3, 0.4) is 0 Å². The Morgan fingerprint density at radius 2 is 2.06 bits per heavy atom. The molecule has 0 fully saturated rings. The summed E-state index contributed by atoms with van der Waals surface area (Å²) in [4.78, 5) is 2.19. The highest BCUT2D eigenvalue weighted by Crippen LogP contribution is 2.14. The van der Waals surface area contributed by atoms with E-state index in [1.54, 1.807) is 11.3 Å². The van der Waals surface area contributed by atoms with E-state index in [2.05, 4.69) is 37.2 Å². The van der Waals surface area contributed by atoms with Crippen molar-refractivity contribution in [3.8, 4) is 23.7 Å². The van der Waals surface area contributed by atoms with Crippen LogP contribution in [0, 0.1) is 29.6 Å². The second kappa shape index (κ2) is 6.94. The summed E-state index contributed by atoms with van der Waals surface area (Å²) >= 11 is 1.66. The Bertz CT molecular complexity index is 457. The van der Waals surface area contributed by atoms with Crippen molar-refractivity contribution in [3.05, 3.63) is 34.5 Å². The lowest BCUT2D eigenvalue weighted by Gasteiger charge is -2.00. The van der Waals surface area contributed by atoms with Crippen LogP contribution in [0.2, 0.25) is 0 Å². The third-order valence-electron chi connectivity index (χ3n) is 2.09. The third kappa shape index (κ3) is 4.39. The summed E-state index contributed by atoms with van der Waals surface area (Å²) in [5, 5.41) is 0. The molecule has 16 heavy (non-hydrogen) atoms. The van der Waals surface area contributed by atoms with Gasteiger partial charge in [-0.15, -0.1) is 23.8 Å². The summed E-state index contributed by atoms with van der Waals surface area (Å²) in [7, 11) is 0. The highest BCUT2D eigenvalue weighted by Gasteiger charge is 1.96. The van der Waals surface area contributed by atoms with Gasteiger partial charge in [-0.3, -0.25) is 0 Å². The molecule has 0 aliphatic carbocycles. The normalized spacial score (nSPS) is 10.6. The monoisotopic (exact) mass is 228 g/mol. The van der Waals surface area contributed by atoms with E-state index in [0.717, 1.165) is 22.6 Å². The highest BCUT2D eigenvalue weighted by atomic mass is 32.1. The number of allylic oxidation sites excluding steroid dienone is 1. The molecule has 0 aromatic carbocycles. The maximum atomic E-state index is 3.73. The molecule has 0 N–H and O–H groups in total. The Morgan fingerprint density at radius 3 is 2.69 bits per heavy atom. The molecule has 1 heterocycles. The van der Waals surface area contributed by atoms with E-state index in [-0.39, 0.29) is 0 Å². The lowest BCUT2D eigenvalue weighted by molar-refractivity contribution is 0.614. The first-order chi connectivity index (χ1) is 7.76. The maximum absolute atomic E-state index is 3.73. The predicted octanol–water partition coefficient (Wildman–Crippen LogP) is 4.07. The van der Waals surface area contributed by atoms with E-state index >= 15 is 0 Å². The van der Waals surface area contributed by atoms with Crippen molar-refractivity contribution < 1.29 is 0 Å². The van der Waals surface area contributed by atoms with Crippen molar-refractivity contribution in [2.75, 3.05) is 0 Å². The zero-order valence-corrected chi connectivity index (χ0v) is 10.7. The number of hydrogen-bond donors (Lipinski definition) is 0. The molecule has 0 aliphatic rings. The van der Waals surface area contributed by atoms with Crippen LogP contribution in [0.1, 0.15) is 36.4 Å². The molecule has 0 radical (unpaired) electrons. The minimum absolute atomic E-state index is 0.597. The molecule has 1 atom stereocenters. The lowest BCUT2D eigenvalue weighted by atomic mass is 10.0. The van der Waals surface area contributed by atoms with Crippen molar-refractivity contribution >= 4 is 11.3 Å². The Hall–Kier alpha value is -1.44. The van der Waals surface area contributed by atoms with E-state index in [1.807, 2.05) is 25.1 Å². The van der Waals surface area contributed by atoms with Crippen LogP contribution < -0.4 is 0 Å². The van der Waals surface area contributed by atoms with Gasteiger partial charge in [0.05, 0.1) is 9.75 Å². The van der Waals surface area contributed by atoms with Gasteiger partial charge in [-0.2, -0.15) is 0 Å². The van der Waals surface area contributed by atoms with Gasteiger partial charge in [0.1, 0.15) is 0 Å². The minimum Gasteiger partial charge on any atom is -0.118 e. The molecule has 0 amide bonds. The number of rotatable bonds is 3. The van der Waals surface area contributed by atoms with E-state index in [9.17, 15) is 0 Å². The fourth-order valence-electron chi connectivity index (χ4n) is 1.28. The topological polar surface area (TPSA) is 0 Å². The summed E-state index contributed by atoms with van der Waals surface area (Å²) < 4.78 is 0. The SMILES string of the molecule is C=CCC(C)CC#Cc1ccc(C#CC)s1. The first-order valence-electron chi connectivity index (χ1n) is 5.38. The van der Waals surface area contributed by atoms with Crippen molar-refractivity contribution in [3.63, 3.8) is 0 Å². The fraction of sp³-hybridized carbons (Fsp3) is 0.333. The van der Waals surface area contributed by atoms with E-state index < -0.39 is 0 Å². The van der Waals surface area contributed by atoms with Crippen LogP contribution in [0.15, 0.2) is 24.8 Å². The molecule has 0 bridgehead atoms. The van der Waals surface area contributed by atoms with Gasteiger partial charge in [-0.1, -0.05) is 30.8 Å². The summed E-state index contributed by atoms with van der Waals surface area (Å²) in [6, 6.07) is 4.06. The van der Waals surface area contributed by atoms with Gasteiger partial charge in [0, 0.05) is 6.42 Å². The molecule has 0 spiro atoms. The van der Waals surface area contributed by atoms with E-state index in [4.69, 9.17) is 0 Å². The molecule has 1 rings (SSSR count). The molecule has 1 heteroatoms. The van der Waals surface area contributed by atoms with Crippen LogP contribution in [0.4, 0.5) is 0 Å². The fourth-order valence-corrected chi connectivity index (χ4v) is 2.06. The molecule has 1 aromatic rings. The van der Waals surface area contributed by atoms with Crippen LogP contribution in [-0.4, -0.2) is 0 Å². The van der Waals surface area contributed by atoms with Gasteiger partial charge in [0.15, 0.2) is 0 Å². The van der Waals surface area contributed by atoms with E-state index in [1.165, 1.54) is 0 Å². The Kier molecular flexibility index (Phi) is 5.48. The third-order valence-corrected chi connectivity index (χ3v) is 3.00. The molecular formula is C15H16S. The van der Waals surface area contributed by atoms with Gasteiger partial charge < -0.3 is 0 Å². The standard InChI is InChI=1S/C15H16S/c1-4-7-13(3)9-6-10-15-12-11-14(16-15)8-5-2/h4,11-13H,1,7,9H2,2-3H3. The Balaban J connectivity index is 2.54. The van der Waals surface area contributed by atoms with Crippen LogP contribution >= 0.6 is 11.3 Å². The van der Waals surface area contributed by atoms with Gasteiger partial charge in [-0.05, 0) is 31.4 Å². The average Bonchev–Trinajstić information content (AvgIpc) is 2.67. The summed E-state index contributed by atoms with van der Waals surface area (Å²) in [5.41, 5.74) is 0.